The third-order valence-electron chi connectivity index (χ3n) is 5.01. The summed E-state index contributed by atoms with van der Waals surface area (Å²) in [7, 11) is -2.38. The van der Waals surface area contributed by atoms with Crippen LogP contribution in [0.1, 0.15) is 32.3 Å². The van der Waals surface area contributed by atoms with Crippen LogP contribution >= 0.6 is 0 Å². The first-order chi connectivity index (χ1) is 12.7. The summed E-state index contributed by atoms with van der Waals surface area (Å²) in [6, 6.07) is 3.71. The number of urea groups is 1. The highest BCUT2D eigenvalue weighted by atomic mass is 32.2. The largest absolute Gasteiger partial charge is 0.496 e. The van der Waals surface area contributed by atoms with Gasteiger partial charge in [0.2, 0.25) is 10.0 Å². The van der Waals surface area contributed by atoms with Crippen molar-refractivity contribution in [3.05, 3.63) is 23.8 Å². The molecule has 0 spiro atoms. The van der Waals surface area contributed by atoms with Crippen LogP contribution in [0.5, 0.6) is 5.75 Å². The van der Waals surface area contributed by atoms with E-state index in [2.05, 4.69) is 20.7 Å². The summed E-state index contributed by atoms with van der Waals surface area (Å²) in [5.74, 6) is -0.259. The zero-order chi connectivity index (χ0) is 19.8. The topological polar surface area (TPSA) is 126 Å². The minimum absolute atomic E-state index is 0.0136. The zero-order valence-electron chi connectivity index (χ0n) is 15.5. The summed E-state index contributed by atoms with van der Waals surface area (Å²) in [5, 5.41) is 7.98. The van der Waals surface area contributed by atoms with Gasteiger partial charge in [0.25, 0.3) is 5.91 Å². The van der Waals surface area contributed by atoms with Crippen molar-refractivity contribution in [1.82, 2.24) is 20.7 Å². The number of imide groups is 1. The Labute approximate surface area is 158 Å². The molecule has 9 nitrogen and oxygen atoms in total. The van der Waals surface area contributed by atoms with Gasteiger partial charge in [-0.05, 0) is 51.4 Å². The van der Waals surface area contributed by atoms with Gasteiger partial charge in [-0.25, -0.2) is 17.9 Å². The van der Waals surface area contributed by atoms with Crippen molar-refractivity contribution >= 4 is 22.0 Å². The van der Waals surface area contributed by atoms with E-state index in [1.54, 1.807) is 0 Å². The third-order valence-corrected chi connectivity index (χ3v) is 6.53. The number of hydrogen-bond acceptors (Lipinski definition) is 6. The Balaban J connectivity index is 1.95. The number of nitrogens with one attached hydrogen (secondary N) is 4. The maximum absolute atomic E-state index is 12.9. The molecule has 3 unspecified atom stereocenters. The molecule has 0 saturated carbocycles. The molecular formula is C17H24N4O5S. The van der Waals surface area contributed by atoms with Crippen molar-refractivity contribution in [3.8, 4) is 5.75 Å². The van der Waals surface area contributed by atoms with E-state index in [1.165, 1.54) is 32.2 Å². The molecule has 1 aromatic carbocycles. The van der Waals surface area contributed by atoms with Gasteiger partial charge in [0.1, 0.15) is 11.3 Å². The van der Waals surface area contributed by atoms with Crippen molar-refractivity contribution in [1.29, 1.82) is 0 Å². The standard InChI is InChI=1S/C17H24N4O5S/c1-10-8-11(6-7-18-10)21-27(24,25)12-4-5-14(26-3)13(9-12)17(2)15(22)19-16(23)20-17/h4-5,9-11,18,21H,6-8H2,1-3H3,(H2,19,20,22,23). The van der Waals surface area contributed by atoms with E-state index < -0.39 is 27.5 Å². The highest BCUT2D eigenvalue weighted by molar-refractivity contribution is 7.89. The first-order valence-corrected chi connectivity index (χ1v) is 10.2. The van der Waals surface area contributed by atoms with Crippen molar-refractivity contribution in [3.63, 3.8) is 0 Å². The Kier molecular flexibility index (Phi) is 5.15. The fourth-order valence-corrected chi connectivity index (χ4v) is 4.81. The molecule has 2 heterocycles. The maximum atomic E-state index is 12.9. The number of methoxy groups -OCH3 is 1. The van der Waals surface area contributed by atoms with Crippen molar-refractivity contribution in [2.75, 3.05) is 13.7 Å². The molecule has 0 bridgehead atoms. The van der Waals surface area contributed by atoms with Crippen LogP contribution in [0, 0.1) is 0 Å². The molecule has 0 aliphatic carbocycles. The molecule has 27 heavy (non-hydrogen) atoms. The van der Waals surface area contributed by atoms with E-state index in [0.717, 1.165) is 6.54 Å². The average molecular weight is 396 g/mol. The van der Waals surface area contributed by atoms with Crippen LogP contribution in [0.3, 0.4) is 0 Å². The van der Waals surface area contributed by atoms with Gasteiger partial charge in [0.05, 0.1) is 12.0 Å². The lowest BCUT2D eigenvalue weighted by atomic mass is 9.91. The second-order valence-corrected chi connectivity index (χ2v) is 8.81. The number of carbonyl (C=O) groups is 2. The smallest absolute Gasteiger partial charge is 0.322 e. The molecule has 2 aliphatic rings. The first-order valence-electron chi connectivity index (χ1n) is 8.73. The number of piperidine rings is 1. The Hall–Kier alpha value is -2.17. The second-order valence-electron chi connectivity index (χ2n) is 7.09. The lowest BCUT2D eigenvalue weighted by Gasteiger charge is -2.29. The maximum Gasteiger partial charge on any atom is 0.322 e. The van der Waals surface area contributed by atoms with Gasteiger partial charge >= 0.3 is 6.03 Å². The lowest BCUT2D eigenvalue weighted by Crippen LogP contribution is -2.46. The minimum atomic E-state index is -3.80. The summed E-state index contributed by atoms with van der Waals surface area (Å²) in [6.07, 6.45) is 1.39. The van der Waals surface area contributed by atoms with Crippen LogP contribution in [0.2, 0.25) is 0 Å². The molecular weight excluding hydrogens is 372 g/mol. The summed E-state index contributed by atoms with van der Waals surface area (Å²) < 4.78 is 33.7. The number of ether oxygens (including phenoxy) is 1. The molecule has 2 fully saturated rings. The van der Waals surface area contributed by atoms with Crippen LogP contribution in [0.25, 0.3) is 0 Å². The van der Waals surface area contributed by atoms with E-state index in [-0.39, 0.29) is 22.5 Å². The zero-order valence-corrected chi connectivity index (χ0v) is 16.3. The van der Waals surface area contributed by atoms with Crippen molar-refractivity contribution < 1.29 is 22.7 Å². The first kappa shape index (κ1) is 19.6. The number of sulfonamides is 1. The van der Waals surface area contributed by atoms with E-state index in [4.69, 9.17) is 4.74 Å². The van der Waals surface area contributed by atoms with Crippen molar-refractivity contribution in [2.24, 2.45) is 0 Å². The van der Waals surface area contributed by atoms with Crippen molar-refractivity contribution in [2.45, 2.75) is 49.2 Å². The fourth-order valence-electron chi connectivity index (χ4n) is 3.50. The fraction of sp³-hybridized carbons (Fsp3) is 0.529. The van der Waals surface area contributed by atoms with Gasteiger partial charge < -0.3 is 15.4 Å². The van der Waals surface area contributed by atoms with E-state index in [1.807, 2.05) is 6.92 Å². The number of hydrogen-bond donors (Lipinski definition) is 4. The lowest BCUT2D eigenvalue weighted by molar-refractivity contribution is -0.123. The Morgan fingerprint density at radius 1 is 1.30 bits per heavy atom. The monoisotopic (exact) mass is 396 g/mol. The predicted molar refractivity (Wildman–Crippen MR) is 97.8 cm³/mol. The van der Waals surface area contributed by atoms with Gasteiger partial charge in [-0.3, -0.25) is 10.1 Å². The van der Waals surface area contributed by atoms with E-state index in [0.29, 0.717) is 18.6 Å². The van der Waals surface area contributed by atoms with Crippen LogP contribution in [-0.4, -0.2) is 46.1 Å². The number of rotatable bonds is 5. The summed E-state index contributed by atoms with van der Waals surface area (Å²) in [4.78, 5) is 23.9. The van der Waals surface area contributed by atoms with Gasteiger partial charge in [0, 0.05) is 17.6 Å². The molecule has 0 radical (unpaired) electrons. The van der Waals surface area contributed by atoms with Gasteiger partial charge in [0.15, 0.2) is 0 Å². The van der Waals surface area contributed by atoms with Gasteiger partial charge in [-0.15, -0.1) is 0 Å². The number of benzene rings is 1. The molecule has 2 aliphatic heterocycles. The average Bonchev–Trinajstić information content (AvgIpc) is 2.86. The molecule has 4 N–H and O–H groups in total. The summed E-state index contributed by atoms with van der Waals surface area (Å²) >= 11 is 0. The number of carbonyl (C=O) groups excluding carboxylic acids is 2. The Bertz CT molecular complexity index is 872. The number of amides is 3. The van der Waals surface area contributed by atoms with E-state index >= 15 is 0 Å². The quantitative estimate of drug-likeness (QED) is 0.526. The second kappa shape index (κ2) is 7.10. The SMILES string of the molecule is COc1ccc(S(=O)(=O)NC2CCNC(C)C2)cc1C1(C)NC(=O)NC1=O. The Morgan fingerprint density at radius 2 is 2.04 bits per heavy atom. The molecule has 10 heteroatoms. The highest BCUT2D eigenvalue weighted by Gasteiger charge is 2.45. The normalized spacial score (nSPS) is 28.6. The molecule has 3 amide bonds. The van der Waals surface area contributed by atoms with Crippen LogP contribution in [0.15, 0.2) is 23.1 Å². The molecule has 0 aromatic heterocycles. The molecule has 2 saturated heterocycles. The van der Waals surface area contributed by atoms with Crippen LogP contribution in [-0.2, 0) is 20.4 Å². The van der Waals surface area contributed by atoms with Gasteiger partial charge in [-0.1, -0.05) is 0 Å². The minimum Gasteiger partial charge on any atom is -0.496 e. The van der Waals surface area contributed by atoms with Crippen LogP contribution < -0.4 is 25.4 Å². The Morgan fingerprint density at radius 3 is 2.63 bits per heavy atom. The highest BCUT2D eigenvalue weighted by Crippen LogP contribution is 2.34. The van der Waals surface area contributed by atoms with Gasteiger partial charge in [-0.2, -0.15) is 0 Å². The molecule has 148 valence electrons. The molecule has 3 rings (SSSR count). The van der Waals surface area contributed by atoms with E-state index in [9.17, 15) is 18.0 Å². The predicted octanol–water partition coefficient (Wildman–Crippen LogP) is 0.169. The summed E-state index contributed by atoms with van der Waals surface area (Å²) in [5.41, 5.74) is -1.15. The molecule has 3 atom stereocenters. The van der Waals surface area contributed by atoms with Crippen LogP contribution in [0.4, 0.5) is 4.79 Å². The molecule has 1 aromatic rings. The third kappa shape index (κ3) is 3.78. The summed E-state index contributed by atoms with van der Waals surface area (Å²) in [6.45, 7) is 4.25.